The Kier molecular flexibility index (Phi) is 6.63. The lowest BCUT2D eigenvalue weighted by Crippen LogP contribution is -2.49. The molecular weight excluding hydrogens is 422 g/mol. The fourth-order valence-electron chi connectivity index (χ4n) is 5.35. The molecule has 3 aromatic carbocycles. The van der Waals surface area contributed by atoms with Crippen molar-refractivity contribution in [1.29, 1.82) is 0 Å². The van der Waals surface area contributed by atoms with Gasteiger partial charge in [-0.05, 0) is 80.7 Å². The number of hydrogen-bond acceptors (Lipinski definition) is 3. The Balaban J connectivity index is 1.10. The number of carbonyl (C=O) groups excluding carboxylic acids is 2. The van der Waals surface area contributed by atoms with Gasteiger partial charge in [-0.2, -0.15) is 0 Å². The summed E-state index contributed by atoms with van der Waals surface area (Å²) in [6.07, 6.45) is 3.79. The van der Waals surface area contributed by atoms with Gasteiger partial charge in [-0.15, -0.1) is 0 Å². The van der Waals surface area contributed by atoms with Gasteiger partial charge < -0.3 is 15.1 Å². The van der Waals surface area contributed by atoms with Crippen molar-refractivity contribution in [3.8, 4) is 0 Å². The highest BCUT2D eigenvalue weighted by Crippen LogP contribution is 2.26. The van der Waals surface area contributed by atoms with Crippen LogP contribution in [0.4, 0.5) is 5.69 Å². The van der Waals surface area contributed by atoms with Crippen molar-refractivity contribution >= 4 is 28.3 Å². The zero-order valence-corrected chi connectivity index (χ0v) is 19.9. The summed E-state index contributed by atoms with van der Waals surface area (Å²) in [6, 6.07) is 22.6. The molecule has 2 aliphatic rings. The summed E-state index contributed by atoms with van der Waals surface area (Å²) in [5.74, 6) is 0.349. The van der Waals surface area contributed by atoms with Crippen molar-refractivity contribution in [1.82, 2.24) is 9.80 Å². The Hall–Kier alpha value is -3.18. The molecule has 5 rings (SSSR count). The number of hydrogen-bond donors (Lipinski definition) is 1. The van der Waals surface area contributed by atoms with Gasteiger partial charge >= 0.3 is 0 Å². The number of piperidine rings is 2. The van der Waals surface area contributed by atoms with Gasteiger partial charge in [0.05, 0.1) is 0 Å². The highest BCUT2D eigenvalue weighted by atomic mass is 16.2. The number of likely N-dealkylation sites (tertiary alicyclic amines) is 2. The number of nitrogens with one attached hydrogen (secondary N) is 1. The molecule has 2 aliphatic heterocycles. The normalized spacial score (nSPS) is 18.2. The highest BCUT2D eigenvalue weighted by Gasteiger charge is 2.32. The Labute approximate surface area is 201 Å². The van der Waals surface area contributed by atoms with Crippen molar-refractivity contribution in [2.45, 2.75) is 38.6 Å². The van der Waals surface area contributed by atoms with E-state index < -0.39 is 0 Å². The first-order valence-corrected chi connectivity index (χ1v) is 12.5. The van der Waals surface area contributed by atoms with Gasteiger partial charge in [0.15, 0.2) is 0 Å². The van der Waals surface area contributed by atoms with Crippen LogP contribution < -0.4 is 5.32 Å². The van der Waals surface area contributed by atoms with Crippen LogP contribution in [-0.2, 0) is 4.79 Å². The Morgan fingerprint density at radius 3 is 2.18 bits per heavy atom. The van der Waals surface area contributed by atoms with Crippen LogP contribution in [0, 0.1) is 12.8 Å². The molecule has 34 heavy (non-hydrogen) atoms. The maximum atomic E-state index is 13.1. The quantitative estimate of drug-likeness (QED) is 0.595. The predicted molar refractivity (Wildman–Crippen MR) is 137 cm³/mol. The molecule has 0 aliphatic carbocycles. The minimum Gasteiger partial charge on any atom is -0.339 e. The lowest BCUT2D eigenvalue weighted by molar-refractivity contribution is -0.121. The van der Waals surface area contributed by atoms with Gasteiger partial charge in [0.25, 0.3) is 5.91 Å². The van der Waals surface area contributed by atoms with Crippen LogP contribution in [0.1, 0.15) is 41.6 Å². The van der Waals surface area contributed by atoms with Gasteiger partial charge in [0, 0.05) is 36.3 Å². The Morgan fingerprint density at radius 2 is 1.47 bits per heavy atom. The molecule has 3 aromatic rings. The molecule has 0 aromatic heterocycles. The second-order valence-electron chi connectivity index (χ2n) is 9.75. The first-order valence-electron chi connectivity index (χ1n) is 12.5. The number of amides is 2. The van der Waals surface area contributed by atoms with Crippen LogP contribution in [0.5, 0.6) is 0 Å². The topological polar surface area (TPSA) is 52.7 Å². The van der Waals surface area contributed by atoms with E-state index in [1.54, 1.807) is 0 Å². The third kappa shape index (κ3) is 5.00. The highest BCUT2D eigenvalue weighted by molar-refractivity contribution is 5.98. The standard InChI is InChI=1S/C29H33N3O2/c1-21-6-10-26(11-7-21)30-28(33)23-12-16-31(17-13-23)27-14-18-32(19-15-27)29(34)25-9-8-22-4-2-3-5-24(22)20-25/h2-11,20,23,27H,12-19H2,1H3,(H,30,33). The van der Waals surface area contributed by atoms with Gasteiger partial charge in [-0.1, -0.05) is 48.0 Å². The zero-order valence-electron chi connectivity index (χ0n) is 19.9. The molecule has 2 heterocycles. The molecule has 0 radical (unpaired) electrons. The summed E-state index contributed by atoms with van der Waals surface area (Å²) in [7, 11) is 0. The number of benzene rings is 3. The van der Waals surface area contributed by atoms with Gasteiger partial charge in [0.1, 0.15) is 0 Å². The van der Waals surface area contributed by atoms with Crippen LogP contribution >= 0.6 is 0 Å². The number of rotatable bonds is 4. The summed E-state index contributed by atoms with van der Waals surface area (Å²) in [6.45, 7) is 5.55. The fraction of sp³-hybridized carbons (Fsp3) is 0.379. The molecule has 2 saturated heterocycles. The lowest BCUT2D eigenvalue weighted by Gasteiger charge is -2.41. The van der Waals surface area contributed by atoms with Gasteiger partial charge in [-0.3, -0.25) is 9.59 Å². The summed E-state index contributed by atoms with van der Waals surface area (Å²) in [4.78, 5) is 30.3. The molecule has 0 spiro atoms. The van der Waals surface area contributed by atoms with E-state index >= 15 is 0 Å². The molecule has 2 fully saturated rings. The van der Waals surface area contributed by atoms with Crippen molar-refractivity contribution < 1.29 is 9.59 Å². The van der Waals surface area contributed by atoms with Crippen LogP contribution in [0.2, 0.25) is 0 Å². The third-order valence-electron chi connectivity index (χ3n) is 7.48. The summed E-state index contributed by atoms with van der Waals surface area (Å²) in [5.41, 5.74) is 2.84. The van der Waals surface area contributed by atoms with E-state index in [1.165, 1.54) is 5.56 Å². The van der Waals surface area contributed by atoms with E-state index in [0.29, 0.717) is 6.04 Å². The largest absolute Gasteiger partial charge is 0.339 e. The van der Waals surface area contributed by atoms with E-state index in [0.717, 1.165) is 73.9 Å². The maximum absolute atomic E-state index is 13.1. The summed E-state index contributed by atoms with van der Waals surface area (Å²) >= 11 is 0. The average molecular weight is 456 g/mol. The number of anilines is 1. The minimum absolute atomic E-state index is 0.0760. The van der Waals surface area contributed by atoms with E-state index in [-0.39, 0.29) is 17.7 Å². The summed E-state index contributed by atoms with van der Waals surface area (Å²) in [5, 5.41) is 5.35. The molecule has 1 N–H and O–H groups in total. The fourth-order valence-corrected chi connectivity index (χ4v) is 5.35. The third-order valence-corrected chi connectivity index (χ3v) is 7.48. The van der Waals surface area contributed by atoms with Crippen molar-refractivity contribution in [3.63, 3.8) is 0 Å². The van der Waals surface area contributed by atoms with Crippen molar-refractivity contribution in [2.75, 3.05) is 31.5 Å². The monoisotopic (exact) mass is 455 g/mol. The Morgan fingerprint density at radius 1 is 0.794 bits per heavy atom. The van der Waals surface area contributed by atoms with Crippen LogP contribution in [-0.4, -0.2) is 53.8 Å². The predicted octanol–water partition coefficient (Wildman–Crippen LogP) is 5.10. The van der Waals surface area contributed by atoms with E-state index in [4.69, 9.17) is 0 Å². The van der Waals surface area contributed by atoms with Crippen molar-refractivity contribution in [3.05, 3.63) is 77.9 Å². The minimum atomic E-state index is 0.0760. The average Bonchev–Trinajstić information content (AvgIpc) is 2.89. The van der Waals surface area contributed by atoms with E-state index in [9.17, 15) is 9.59 Å². The molecular formula is C29H33N3O2. The number of nitrogens with zero attached hydrogens (tertiary/aromatic N) is 2. The SMILES string of the molecule is Cc1ccc(NC(=O)C2CCN(C3CCN(C(=O)c4ccc5ccccc5c4)CC3)CC2)cc1. The molecule has 0 unspecified atom stereocenters. The second kappa shape index (κ2) is 9.98. The zero-order chi connectivity index (χ0) is 23.5. The van der Waals surface area contributed by atoms with Crippen LogP contribution in [0.3, 0.4) is 0 Å². The Bertz CT molecular complexity index is 1160. The molecule has 0 atom stereocenters. The summed E-state index contributed by atoms with van der Waals surface area (Å²) < 4.78 is 0. The molecule has 5 heteroatoms. The van der Waals surface area contributed by atoms with Gasteiger partial charge in [-0.25, -0.2) is 0 Å². The second-order valence-corrected chi connectivity index (χ2v) is 9.75. The van der Waals surface area contributed by atoms with E-state index in [1.807, 2.05) is 66.4 Å². The van der Waals surface area contributed by atoms with Gasteiger partial charge in [0.2, 0.25) is 5.91 Å². The number of carbonyl (C=O) groups is 2. The van der Waals surface area contributed by atoms with E-state index in [2.05, 4.69) is 22.3 Å². The van der Waals surface area contributed by atoms with Crippen LogP contribution in [0.15, 0.2) is 66.7 Å². The lowest BCUT2D eigenvalue weighted by atomic mass is 9.92. The molecule has 5 nitrogen and oxygen atoms in total. The molecule has 2 amide bonds. The number of aryl methyl sites for hydroxylation is 1. The molecule has 0 bridgehead atoms. The van der Waals surface area contributed by atoms with Crippen molar-refractivity contribution in [2.24, 2.45) is 5.92 Å². The van der Waals surface area contributed by atoms with Crippen LogP contribution in [0.25, 0.3) is 10.8 Å². The first-order chi connectivity index (χ1) is 16.6. The first kappa shape index (κ1) is 22.6. The smallest absolute Gasteiger partial charge is 0.253 e. The molecule has 176 valence electrons. The maximum Gasteiger partial charge on any atom is 0.253 e. The number of fused-ring (bicyclic) bond motifs is 1. The molecule has 0 saturated carbocycles.